The summed E-state index contributed by atoms with van der Waals surface area (Å²) in [6, 6.07) is 5.24. The van der Waals surface area contributed by atoms with Gasteiger partial charge in [0.15, 0.2) is 0 Å². The Hall–Kier alpha value is -1.11. The molecule has 1 heterocycles. The standard InChI is InChI=1S/C12H19N3O2S/c1-15(2)8-7-14-18(16,17)11-3-4-12-10(9-11)5-6-13-12/h3-4,9,13-14H,5-8H2,1-2H3. The molecule has 0 spiro atoms. The molecule has 0 saturated carbocycles. The van der Waals surface area contributed by atoms with E-state index < -0.39 is 10.0 Å². The second kappa shape index (κ2) is 5.26. The number of likely N-dealkylation sites (N-methyl/N-ethyl adjacent to an activating group) is 1. The van der Waals surface area contributed by atoms with Crippen LogP contribution < -0.4 is 10.0 Å². The van der Waals surface area contributed by atoms with Gasteiger partial charge in [0.1, 0.15) is 0 Å². The molecule has 1 aromatic rings. The molecular weight excluding hydrogens is 250 g/mol. The lowest BCUT2D eigenvalue weighted by atomic mass is 10.2. The zero-order valence-corrected chi connectivity index (χ0v) is 11.5. The normalized spacial score (nSPS) is 14.6. The van der Waals surface area contributed by atoms with Gasteiger partial charge in [-0.3, -0.25) is 0 Å². The second-order valence-electron chi connectivity index (χ2n) is 4.70. The average molecular weight is 269 g/mol. The molecule has 0 radical (unpaired) electrons. The van der Waals surface area contributed by atoms with Gasteiger partial charge >= 0.3 is 0 Å². The summed E-state index contributed by atoms with van der Waals surface area (Å²) in [6.45, 7) is 1.99. The van der Waals surface area contributed by atoms with Crippen LogP contribution in [0.3, 0.4) is 0 Å². The summed E-state index contributed by atoms with van der Waals surface area (Å²) in [4.78, 5) is 2.29. The average Bonchev–Trinajstić information content (AvgIpc) is 2.74. The molecule has 18 heavy (non-hydrogen) atoms. The lowest BCUT2D eigenvalue weighted by Crippen LogP contribution is -2.31. The van der Waals surface area contributed by atoms with E-state index in [2.05, 4.69) is 10.0 Å². The molecule has 2 N–H and O–H groups in total. The number of benzene rings is 1. The molecule has 0 amide bonds. The highest BCUT2D eigenvalue weighted by atomic mass is 32.2. The van der Waals surface area contributed by atoms with Crippen molar-refractivity contribution in [2.24, 2.45) is 0 Å². The van der Waals surface area contributed by atoms with E-state index in [1.807, 2.05) is 25.1 Å². The summed E-state index contributed by atoms with van der Waals surface area (Å²) < 4.78 is 26.7. The topological polar surface area (TPSA) is 61.4 Å². The van der Waals surface area contributed by atoms with Crippen molar-refractivity contribution in [3.63, 3.8) is 0 Å². The maximum absolute atomic E-state index is 12.1. The van der Waals surface area contributed by atoms with Crippen molar-refractivity contribution in [2.75, 3.05) is 39.0 Å². The smallest absolute Gasteiger partial charge is 0.240 e. The molecule has 1 aliphatic heterocycles. The van der Waals surface area contributed by atoms with Gasteiger partial charge in [0.05, 0.1) is 4.90 Å². The van der Waals surface area contributed by atoms with Crippen LogP contribution in [0.15, 0.2) is 23.1 Å². The van der Waals surface area contributed by atoms with Crippen LogP contribution in [0.25, 0.3) is 0 Å². The predicted molar refractivity (Wildman–Crippen MR) is 72.4 cm³/mol. The van der Waals surface area contributed by atoms with Gasteiger partial charge in [0, 0.05) is 25.3 Å². The van der Waals surface area contributed by atoms with Gasteiger partial charge in [-0.1, -0.05) is 0 Å². The first-order chi connectivity index (χ1) is 8.49. The van der Waals surface area contributed by atoms with Gasteiger partial charge in [-0.25, -0.2) is 13.1 Å². The second-order valence-corrected chi connectivity index (χ2v) is 6.46. The zero-order chi connectivity index (χ0) is 13.2. The van der Waals surface area contributed by atoms with Gasteiger partial charge in [0.25, 0.3) is 0 Å². The summed E-state index contributed by atoms with van der Waals surface area (Å²) in [7, 11) is 0.442. The number of anilines is 1. The van der Waals surface area contributed by atoms with Crippen molar-refractivity contribution < 1.29 is 8.42 Å². The van der Waals surface area contributed by atoms with Gasteiger partial charge in [0.2, 0.25) is 10.0 Å². The van der Waals surface area contributed by atoms with E-state index in [-0.39, 0.29) is 0 Å². The van der Waals surface area contributed by atoms with Crippen LogP contribution in [0.2, 0.25) is 0 Å². The van der Waals surface area contributed by atoms with E-state index in [4.69, 9.17) is 0 Å². The number of rotatable bonds is 5. The minimum absolute atomic E-state index is 0.351. The fourth-order valence-electron chi connectivity index (χ4n) is 1.94. The maximum Gasteiger partial charge on any atom is 0.240 e. The van der Waals surface area contributed by atoms with Gasteiger partial charge in [-0.05, 0) is 44.3 Å². The van der Waals surface area contributed by atoms with Crippen molar-refractivity contribution in [3.8, 4) is 0 Å². The fourth-order valence-corrected chi connectivity index (χ4v) is 3.01. The fraction of sp³-hybridized carbons (Fsp3) is 0.500. The Labute approximate surface area is 108 Å². The monoisotopic (exact) mass is 269 g/mol. The minimum atomic E-state index is -3.38. The zero-order valence-electron chi connectivity index (χ0n) is 10.7. The van der Waals surface area contributed by atoms with Crippen LogP contribution in [0, 0.1) is 0 Å². The molecule has 0 unspecified atom stereocenters. The third-order valence-corrected chi connectivity index (χ3v) is 4.41. The summed E-state index contributed by atoms with van der Waals surface area (Å²) in [5.74, 6) is 0. The van der Waals surface area contributed by atoms with Crippen LogP contribution in [-0.4, -0.2) is 47.0 Å². The molecule has 0 atom stereocenters. The summed E-state index contributed by atoms with van der Waals surface area (Å²) in [5.41, 5.74) is 2.12. The molecule has 0 fully saturated rings. The van der Waals surface area contributed by atoms with Crippen LogP contribution in [0.1, 0.15) is 5.56 Å². The Balaban J connectivity index is 2.10. The Bertz CT molecular complexity index is 526. The molecule has 5 nitrogen and oxygen atoms in total. The van der Waals surface area contributed by atoms with Crippen LogP contribution >= 0.6 is 0 Å². The highest BCUT2D eigenvalue weighted by Crippen LogP contribution is 2.24. The number of fused-ring (bicyclic) bond motifs is 1. The van der Waals surface area contributed by atoms with Crippen LogP contribution in [0.5, 0.6) is 0 Å². The molecule has 100 valence electrons. The van der Waals surface area contributed by atoms with Gasteiger partial charge in [-0.15, -0.1) is 0 Å². The number of sulfonamides is 1. The van der Waals surface area contributed by atoms with E-state index in [9.17, 15) is 8.42 Å². The first kappa shape index (κ1) is 13.3. The van der Waals surface area contributed by atoms with E-state index in [1.165, 1.54) is 0 Å². The highest BCUT2D eigenvalue weighted by molar-refractivity contribution is 7.89. The van der Waals surface area contributed by atoms with E-state index in [0.29, 0.717) is 18.0 Å². The van der Waals surface area contributed by atoms with E-state index >= 15 is 0 Å². The minimum Gasteiger partial charge on any atom is -0.384 e. The first-order valence-corrected chi connectivity index (χ1v) is 7.48. The van der Waals surface area contributed by atoms with Crippen molar-refractivity contribution >= 4 is 15.7 Å². The molecule has 0 aromatic heterocycles. The lowest BCUT2D eigenvalue weighted by Gasteiger charge is -2.11. The molecule has 0 bridgehead atoms. The molecule has 0 aliphatic carbocycles. The predicted octanol–water partition coefficient (Wildman–Crippen LogP) is 0.495. The Morgan fingerprint density at radius 2 is 2.17 bits per heavy atom. The van der Waals surface area contributed by atoms with Gasteiger partial charge < -0.3 is 10.2 Å². The quantitative estimate of drug-likeness (QED) is 0.817. The summed E-state index contributed by atoms with van der Waals surface area (Å²) in [5, 5.41) is 3.21. The molecule has 0 saturated heterocycles. The van der Waals surface area contributed by atoms with Crippen molar-refractivity contribution in [1.29, 1.82) is 0 Å². The molecule has 1 aromatic carbocycles. The van der Waals surface area contributed by atoms with Crippen molar-refractivity contribution in [3.05, 3.63) is 23.8 Å². The Morgan fingerprint density at radius 3 is 2.89 bits per heavy atom. The van der Waals surface area contributed by atoms with E-state index in [1.54, 1.807) is 12.1 Å². The SMILES string of the molecule is CN(C)CCNS(=O)(=O)c1ccc2c(c1)CCN2. The van der Waals surface area contributed by atoms with Gasteiger partial charge in [-0.2, -0.15) is 0 Å². The highest BCUT2D eigenvalue weighted by Gasteiger charge is 2.17. The third-order valence-electron chi connectivity index (χ3n) is 2.95. The summed E-state index contributed by atoms with van der Waals surface area (Å²) >= 11 is 0. The third kappa shape index (κ3) is 3.01. The van der Waals surface area contributed by atoms with E-state index in [0.717, 1.165) is 24.2 Å². The van der Waals surface area contributed by atoms with Crippen molar-refractivity contribution in [2.45, 2.75) is 11.3 Å². The number of hydrogen-bond acceptors (Lipinski definition) is 4. The van der Waals surface area contributed by atoms with Crippen LogP contribution in [-0.2, 0) is 16.4 Å². The maximum atomic E-state index is 12.1. The summed E-state index contributed by atoms with van der Waals surface area (Å²) in [6.07, 6.45) is 0.885. The molecule has 6 heteroatoms. The lowest BCUT2D eigenvalue weighted by molar-refractivity contribution is 0.412. The van der Waals surface area contributed by atoms with Crippen LogP contribution in [0.4, 0.5) is 5.69 Å². The Kier molecular flexibility index (Phi) is 3.89. The Morgan fingerprint density at radius 1 is 1.39 bits per heavy atom. The number of nitrogens with zero attached hydrogens (tertiary/aromatic N) is 1. The van der Waals surface area contributed by atoms with Crippen molar-refractivity contribution in [1.82, 2.24) is 9.62 Å². The largest absolute Gasteiger partial charge is 0.384 e. The first-order valence-electron chi connectivity index (χ1n) is 6.00. The number of hydrogen-bond donors (Lipinski definition) is 2. The molecule has 1 aliphatic rings. The molecule has 2 rings (SSSR count). The number of nitrogens with one attached hydrogen (secondary N) is 2. The molecular formula is C12H19N3O2S.